The van der Waals surface area contributed by atoms with Gasteiger partial charge in [0.1, 0.15) is 17.1 Å². The van der Waals surface area contributed by atoms with E-state index in [4.69, 9.17) is 21.1 Å². The predicted octanol–water partition coefficient (Wildman–Crippen LogP) is 4.34. The summed E-state index contributed by atoms with van der Waals surface area (Å²) in [5, 5.41) is 0.499. The molecule has 0 saturated carbocycles. The van der Waals surface area contributed by atoms with Crippen LogP contribution in [-0.4, -0.2) is 54.8 Å². The van der Waals surface area contributed by atoms with E-state index in [0.717, 1.165) is 11.1 Å². The first-order chi connectivity index (χ1) is 16.7. The summed E-state index contributed by atoms with van der Waals surface area (Å²) in [7, 11) is 1.54. The topological polar surface area (TPSA) is 76.2 Å². The van der Waals surface area contributed by atoms with Gasteiger partial charge < -0.3 is 19.3 Å². The van der Waals surface area contributed by atoms with Crippen LogP contribution in [0.2, 0.25) is 5.02 Å². The second-order valence-corrected chi connectivity index (χ2v) is 10.3. The molecule has 1 unspecified atom stereocenters. The number of rotatable bonds is 3. The lowest BCUT2D eigenvalue weighted by Gasteiger charge is -2.44. The highest BCUT2D eigenvalue weighted by Gasteiger charge is 2.46. The number of likely N-dealkylation sites (tertiary alicyclic amines) is 1. The fraction of sp³-hybridized carbons (Fsp3) is 0.444. The molecule has 7 nitrogen and oxygen atoms in total. The summed E-state index contributed by atoms with van der Waals surface area (Å²) < 4.78 is 11.8. The molecule has 35 heavy (non-hydrogen) atoms. The maximum Gasteiger partial charge on any atom is 0.228 e. The van der Waals surface area contributed by atoms with Crippen molar-refractivity contribution in [3.63, 3.8) is 0 Å². The number of benzene rings is 2. The van der Waals surface area contributed by atoms with Crippen molar-refractivity contribution < 1.29 is 23.9 Å². The first kappa shape index (κ1) is 23.7. The molecule has 1 atom stereocenters. The van der Waals surface area contributed by atoms with Crippen LogP contribution in [0.25, 0.3) is 0 Å². The van der Waals surface area contributed by atoms with Gasteiger partial charge in [-0.05, 0) is 49.2 Å². The monoisotopic (exact) mass is 496 g/mol. The number of hydrogen-bond acceptors (Lipinski definition) is 5. The molecule has 2 amide bonds. The van der Waals surface area contributed by atoms with Crippen LogP contribution in [0.1, 0.15) is 47.2 Å². The molecule has 0 N–H and O–H groups in total. The molecule has 2 saturated heterocycles. The molecule has 0 aliphatic carbocycles. The van der Waals surface area contributed by atoms with Crippen molar-refractivity contribution in [3.8, 4) is 11.5 Å². The summed E-state index contributed by atoms with van der Waals surface area (Å²) >= 11 is 6.15. The third kappa shape index (κ3) is 4.27. The Kier molecular flexibility index (Phi) is 5.99. The summed E-state index contributed by atoms with van der Waals surface area (Å²) in [6.07, 6.45) is 1.65. The average Bonchev–Trinajstić information content (AvgIpc) is 3.19. The van der Waals surface area contributed by atoms with Crippen molar-refractivity contribution in [2.45, 2.75) is 45.1 Å². The van der Waals surface area contributed by atoms with Gasteiger partial charge in [0, 0.05) is 43.9 Å². The number of Topliss-reactive ketones (excluding diaryl/α,β-unsaturated/α-hetero) is 1. The van der Waals surface area contributed by atoms with Crippen molar-refractivity contribution in [1.82, 2.24) is 4.90 Å². The number of anilines is 1. The number of amides is 2. The fourth-order valence-electron chi connectivity index (χ4n) is 5.67. The van der Waals surface area contributed by atoms with Gasteiger partial charge in [0.25, 0.3) is 0 Å². The zero-order chi connectivity index (χ0) is 24.9. The van der Waals surface area contributed by atoms with Crippen LogP contribution in [-0.2, 0) is 9.59 Å². The standard InChI is InChI=1S/C27H29ClN2O5/c1-16-10-17(2)25-21(31)14-27(35-23(25)11-16)6-8-29(9-7-27)26(33)18-12-24(32)30(15-18)20-13-19(28)4-5-22(20)34-3/h4-5,10-11,13,18H,6-9,12,14-15H2,1-3H3. The Labute approximate surface area is 209 Å². The predicted molar refractivity (Wildman–Crippen MR) is 133 cm³/mol. The van der Waals surface area contributed by atoms with E-state index in [-0.39, 0.29) is 30.6 Å². The molecule has 8 heteroatoms. The maximum atomic E-state index is 13.3. The van der Waals surface area contributed by atoms with Crippen molar-refractivity contribution in [2.24, 2.45) is 5.92 Å². The molecule has 1 spiro atoms. The molecule has 2 aromatic rings. The molecule has 0 aromatic heterocycles. The normalized spacial score (nSPS) is 21.2. The number of methoxy groups -OCH3 is 1. The molecule has 3 aliphatic rings. The molecule has 0 bridgehead atoms. The third-order valence-electron chi connectivity index (χ3n) is 7.42. The summed E-state index contributed by atoms with van der Waals surface area (Å²) in [6, 6.07) is 9.05. The Morgan fingerprint density at radius 1 is 1.14 bits per heavy atom. The lowest BCUT2D eigenvalue weighted by molar-refractivity contribution is -0.139. The van der Waals surface area contributed by atoms with Gasteiger partial charge in [-0.1, -0.05) is 17.7 Å². The van der Waals surface area contributed by atoms with E-state index in [1.807, 2.05) is 30.9 Å². The summed E-state index contributed by atoms with van der Waals surface area (Å²) in [4.78, 5) is 42.5. The van der Waals surface area contributed by atoms with E-state index in [1.54, 1.807) is 30.2 Å². The lowest BCUT2D eigenvalue weighted by atomic mass is 9.81. The van der Waals surface area contributed by atoms with Crippen LogP contribution in [0.4, 0.5) is 5.69 Å². The van der Waals surface area contributed by atoms with Gasteiger partial charge in [-0.25, -0.2) is 0 Å². The number of fused-ring (bicyclic) bond motifs is 1. The molecule has 3 aliphatic heterocycles. The Bertz CT molecular complexity index is 1220. The van der Waals surface area contributed by atoms with Gasteiger partial charge in [-0.3, -0.25) is 14.4 Å². The number of halogens is 1. The highest BCUT2D eigenvalue weighted by Crippen LogP contribution is 2.42. The van der Waals surface area contributed by atoms with Crippen LogP contribution in [0.3, 0.4) is 0 Å². The average molecular weight is 497 g/mol. The number of carbonyl (C=O) groups excluding carboxylic acids is 3. The summed E-state index contributed by atoms with van der Waals surface area (Å²) in [5.41, 5.74) is 2.69. The molecule has 2 aromatic carbocycles. The molecular weight excluding hydrogens is 468 g/mol. The molecule has 184 valence electrons. The zero-order valence-corrected chi connectivity index (χ0v) is 21.0. The van der Waals surface area contributed by atoms with Gasteiger partial charge in [0.05, 0.1) is 30.7 Å². The smallest absolute Gasteiger partial charge is 0.228 e. The number of nitrogens with zero attached hydrogens (tertiary/aromatic N) is 2. The minimum atomic E-state index is -0.577. The Hall–Kier alpha value is -3.06. The number of carbonyl (C=O) groups is 3. The van der Waals surface area contributed by atoms with Crippen LogP contribution in [0, 0.1) is 19.8 Å². The Morgan fingerprint density at radius 2 is 1.89 bits per heavy atom. The van der Waals surface area contributed by atoms with Crippen molar-refractivity contribution in [1.29, 1.82) is 0 Å². The third-order valence-corrected chi connectivity index (χ3v) is 7.66. The Balaban J connectivity index is 1.27. The second kappa shape index (κ2) is 8.86. The van der Waals surface area contributed by atoms with E-state index in [9.17, 15) is 14.4 Å². The second-order valence-electron chi connectivity index (χ2n) is 9.89. The minimum absolute atomic E-state index is 0.0362. The fourth-order valence-corrected chi connectivity index (χ4v) is 5.83. The molecule has 2 fully saturated rings. The van der Waals surface area contributed by atoms with Crippen LogP contribution >= 0.6 is 11.6 Å². The molecule has 3 heterocycles. The number of hydrogen-bond donors (Lipinski definition) is 0. The molecular formula is C27H29ClN2O5. The maximum absolute atomic E-state index is 13.3. The van der Waals surface area contributed by atoms with Crippen molar-refractivity contribution in [2.75, 3.05) is 31.6 Å². The number of ketones is 1. The number of ether oxygens (including phenoxy) is 2. The molecule has 5 rings (SSSR count). The van der Waals surface area contributed by atoms with Crippen molar-refractivity contribution >= 4 is 34.9 Å². The van der Waals surface area contributed by atoms with Crippen LogP contribution in [0.15, 0.2) is 30.3 Å². The molecule has 0 radical (unpaired) electrons. The summed E-state index contributed by atoms with van der Waals surface area (Å²) in [6.45, 7) is 5.22. The highest BCUT2D eigenvalue weighted by atomic mass is 35.5. The summed E-state index contributed by atoms with van der Waals surface area (Å²) in [5.74, 6) is 0.717. The van der Waals surface area contributed by atoms with E-state index >= 15 is 0 Å². The minimum Gasteiger partial charge on any atom is -0.495 e. The zero-order valence-electron chi connectivity index (χ0n) is 20.2. The number of aryl methyl sites for hydroxylation is 2. The first-order valence-electron chi connectivity index (χ1n) is 12.0. The SMILES string of the molecule is COc1ccc(Cl)cc1N1CC(C(=O)N2CCC3(CC2)CC(=O)c2c(C)cc(C)cc2O3)CC1=O. The highest BCUT2D eigenvalue weighted by molar-refractivity contribution is 6.31. The van der Waals surface area contributed by atoms with E-state index in [0.29, 0.717) is 60.1 Å². The largest absolute Gasteiger partial charge is 0.495 e. The van der Waals surface area contributed by atoms with Crippen LogP contribution in [0.5, 0.6) is 11.5 Å². The van der Waals surface area contributed by atoms with E-state index in [1.165, 1.54) is 0 Å². The first-order valence-corrected chi connectivity index (χ1v) is 12.3. The van der Waals surface area contributed by atoms with Gasteiger partial charge in [0.15, 0.2) is 5.78 Å². The van der Waals surface area contributed by atoms with Gasteiger partial charge in [-0.2, -0.15) is 0 Å². The van der Waals surface area contributed by atoms with E-state index in [2.05, 4.69) is 0 Å². The van der Waals surface area contributed by atoms with Gasteiger partial charge in [0.2, 0.25) is 11.8 Å². The van der Waals surface area contributed by atoms with Gasteiger partial charge in [-0.15, -0.1) is 0 Å². The van der Waals surface area contributed by atoms with Crippen LogP contribution < -0.4 is 14.4 Å². The van der Waals surface area contributed by atoms with Gasteiger partial charge >= 0.3 is 0 Å². The Morgan fingerprint density at radius 3 is 2.60 bits per heavy atom. The van der Waals surface area contributed by atoms with E-state index < -0.39 is 11.5 Å². The lowest BCUT2D eigenvalue weighted by Crippen LogP contribution is -2.53. The van der Waals surface area contributed by atoms with Crippen molar-refractivity contribution in [3.05, 3.63) is 52.0 Å². The number of piperidine rings is 1. The quantitative estimate of drug-likeness (QED) is 0.631.